The minimum Gasteiger partial charge on any atom is -0.493 e. The molecule has 0 aliphatic rings. The van der Waals surface area contributed by atoms with Crippen LogP contribution < -0.4 is 44.0 Å². The van der Waals surface area contributed by atoms with Crippen LogP contribution >= 0.6 is 0 Å². The Morgan fingerprint density at radius 2 is 0.919 bits per heavy atom. The molecule has 0 atom stereocenters. The van der Waals surface area contributed by atoms with E-state index >= 15 is 0 Å². The zero-order valence-corrected chi connectivity index (χ0v) is 22.5. The van der Waals surface area contributed by atoms with Crippen molar-refractivity contribution in [2.45, 2.75) is 13.8 Å². The molecule has 0 radical (unpaired) electrons. The van der Waals surface area contributed by atoms with Gasteiger partial charge in [-0.05, 0) is 13.8 Å². The van der Waals surface area contributed by atoms with Gasteiger partial charge in [0.1, 0.15) is 0 Å². The molecule has 0 fully saturated rings. The average molecular weight is 515 g/mol. The van der Waals surface area contributed by atoms with E-state index in [1.807, 2.05) is 18.7 Å². The topological polar surface area (TPSA) is 121 Å². The summed E-state index contributed by atoms with van der Waals surface area (Å²) in [6.07, 6.45) is 0. The zero-order chi connectivity index (χ0) is 26.9. The minimum atomic E-state index is 0.320. The number of hydrogen-bond acceptors (Lipinski definition) is 12. The molecule has 37 heavy (non-hydrogen) atoms. The van der Waals surface area contributed by atoms with Crippen LogP contribution in [0.25, 0.3) is 0 Å². The summed E-state index contributed by atoms with van der Waals surface area (Å²) in [7, 11) is 9.33. The molecular weight excluding hydrogens is 480 g/mol. The Balaban J connectivity index is 2.05. The fourth-order valence-corrected chi connectivity index (χ4v) is 3.69. The van der Waals surface area contributed by atoms with Gasteiger partial charge in [0.25, 0.3) is 0 Å². The van der Waals surface area contributed by atoms with E-state index in [-0.39, 0.29) is 0 Å². The number of anilines is 5. The lowest BCUT2D eigenvalue weighted by Crippen LogP contribution is -2.25. The Labute approximate surface area is 216 Å². The predicted molar refractivity (Wildman–Crippen MR) is 142 cm³/mol. The van der Waals surface area contributed by atoms with Crippen molar-refractivity contribution in [1.29, 1.82) is 0 Å². The number of aromatic nitrogens is 3. The van der Waals surface area contributed by atoms with Crippen LogP contribution in [-0.2, 0) is 0 Å². The fourth-order valence-electron chi connectivity index (χ4n) is 3.69. The van der Waals surface area contributed by atoms with Crippen molar-refractivity contribution < 1.29 is 28.4 Å². The molecule has 12 nitrogen and oxygen atoms in total. The van der Waals surface area contributed by atoms with Crippen molar-refractivity contribution >= 4 is 29.2 Å². The summed E-state index contributed by atoms with van der Waals surface area (Å²) < 4.78 is 32.7. The van der Waals surface area contributed by atoms with Crippen LogP contribution in [0.5, 0.6) is 34.5 Å². The lowest BCUT2D eigenvalue weighted by molar-refractivity contribution is 0.324. The molecule has 0 saturated carbocycles. The number of nitrogens with zero attached hydrogens (tertiary/aromatic N) is 4. The second-order valence-electron chi connectivity index (χ2n) is 7.53. The first-order chi connectivity index (χ1) is 17.9. The quantitative estimate of drug-likeness (QED) is 0.339. The monoisotopic (exact) mass is 514 g/mol. The third-order valence-electron chi connectivity index (χ3n) is 5.51. The van der Waals surface area contributed by atoms with Crippen molar-refractivity contribution in [3.63, 3.8) is 0 Å². The highest BCUT2D eigenvalue weighted by Gasteiger charge is 2.18. The number of ether oxygens (including phenoxy) is 6. The number of rotatable bonds is 13. The van der Waals surface area contributed by atoms with Crippen molar-refractivity contribution in [2.75, 3.05) is 71.3 Å². The van der Waals surface area contributed by atoms with E-state index in [4.69, 9.17) is 28.4 Å². The number of methoxy groups -OCH3 is 6. The highest BCUT2D eigenvalue weighted by Crippen LogP contribution is 2.41. The van der Waals surface area contributed by atoms with Crippen LogP contribution in [-0.4, -0.2) is 70.7 Å². The van der Waals surface area contributed by atoms with E-state index in [0.717, 1.165) is 0 Å². The van der Waals surface area contributed by atoms with Crippen LogP contribution in [0.15, 0.2) is 24.3 Å². The second-order valence-corrected chi connectivity index (χ2v) is 7.53. The first kappa shape index (κ1) is 27.2. The second kappa shape index (κ2) is 12.6. The lowest BCUT2D eigenvalue weighted by Gasteiger charge is -2.20. The molecule has 2 aromatic carbocycles. The standard InChI is InChI=1S/C25H34N6O6/c1-9-31(10-2)25-29-23(26-15-11-17(32-3)21(36-7)18(12-15)33-4)28-24(30-25)27-16-13-19(34-5)22(37-8)20(14-16)35-6/h11-14H,9-10H2,1-8H3,(H2,26,27,28,29,30). The number of benzene rings is 2. The Bertz CT molecular complexity index is 1070. The van der Waals surface area contributed by atoms with Crippen LogP contribution in [0.4, 0.5) is 29.2 Å². The number of hydrogen-bond donors (Lipinski definition) is 2. The Hall–Kier alpha value is -4.35. The molecule has 2 N–H and O–H groups in total. The Morgan fingerprint density at radius 3 is 1.19 bits per heavy atom. The largest absolute Gasteiger partial charge is 0.493 e. The van der Waals surface area contributed by atoms with E-state index < -0.39 is 0 Å². The maximum atomic E-state index is 5.47. The average Bonchev–Trinajstić information content (AvgIpc) is 2.92. The van der Waals surface area contributed by atoms with Gasteiger partial charge in [-0.1, -0.05) is 0 Å². The molecule has 200 valence electrons. The molecule has 0 aliphatic carbocycles. The van der Waals surface area contributed by atoms with Gasteiger partial charge in [-0.25, -0.2) is 0 Å². The van der Waals surface area contributed by atoms with Gasteiger partial charge in [-0.15, -0.1) is 0 Å². The predicted octanol–water partition coefficient (Wildman–Crippen LogP) is 4.26. The molecule has 0 unspecified atom stereocenters. The molecule has 3 aromatic rings. The van der Waals surface area contributed by atoms with Crippen LogP contribution in [0.1, 0.15) is 13.8 Å². The van der Waals surface area contributed by atoms with Crippen LogP contribution in [0.3, 0.4) is 0 Å². The highest BCUT2D eigenvalue weighted by molar-refractivity contribution is 5.68. The van der Waals surface area contributed by atoms with E-state index in [9.17, 15) is 0 Å². The summed E-state index contributed by atoms with van der Waals surface area (Å²) in [6.45, 7) is 5.50. The third kappa shape index (κ3) is 6.08. The van der Waals surface area contributed by atoms with Crippen LogP contribution in [0, 0.1) is 0 Å². The summed E-state index contributed by atoms with van der Waals surface area (Å²) in [5, 5.41) is 6.45. The van der Waals surface area contributed by atoms with Gasteiger partial charge >= 0.3 is 0 Å². The molecule has 0 amide bonds. The van der Waals surface area contributed by atoms with E-state index in [0.29, 0.717) is 76.8 Å². The third-order valence-corrected chi connectivity index (χ3v) is 5.51. The molecule has 1 heterocycles. The molecule has 12 heteroatoms. The van der Waals surface area contributed by atoms with Crippen LogP contribution in [0.2, 0.25) is 0 Å². The molecule has 0 aliphatic heterocycles. The minimum absolute atomic E-state index is 0.320. The fraction of sp³-hybridized carbons (Fsp3) is 0.400. The summed E-state index contributed by atoms with van der Waals surface area (Å²) >= 11 is 0. The maximum Gasteiger partial charge on any atom is 0.233 e. The van der Waals surface area contributed by atoms with Gasteiger partial charge in [0, 0.05) is 48.7 Å². The Morgan fingerprint density at radius 1 is 0.568 bits per heavy atom. The van der Waals surface area contributed by atoms with Crippen molar-refractivity contribution in [2.24, 2.45) is 0 Å². The molecule has 0 saturated heterocycles. The van der Waals surface area contributed by atoms with Gasteiger partial charge in [-0.2, -0.15) is 15.0 Å². The zero-order valence-electron chi connectivity index (χ0n) is 22.5. The highest BCUT2D eigenvalue weighted by atomic mass is 16.5. The van der Waals surface area contributed by atoms with Gasteiger partial charge < -0.3 is 44.0 Å². The van der Waals surface area contributed by atoms with Gasteiger partial charge in [0.05, 0.1) is 42.7 Å². The van der Waals surface area contributed by atoms with Gasteiger partial charge in [-0.3, -0.25) is 0 Å². The first-order valence-electron chi connectivity index (χ1n) is 11.6. The van der Waals surface area contributed by atoms with Gasteiger partial charge in [0.2, 0.25) is 29.3 Å². The molecule has 1 aromatic heterocycles. The lowest BCUT2D eigenvalue weighted by atomic mass is 10.2. The summed E-state index contributed by atoms with van der Waals surface area (Å²) in [5.41, 5.74) is 1.29. The SMILES string of the molecule is CCN(CC)c1nc(Nc2cc(OC)c(OC)c(OC)c2)nc(Nc2cc(OC)c(OC)c(OC)c2)n1. The maximum absolute atomic E-state index is 5.47. The smallest absolute Gasteiger partial charge is 0.233 e. The molecule has 0 bridgehead atoms. The first-order valence-corrected chi connectivity index (χ1v) is 11.6. The van der Waals surface area contributed by atoms with Crippen molar-refractivity contribution in [1.82, 2.24) is 15.0 Å². The van der Waals surface area contributed by atoms with E-state index in [1.165, 1.54) is 0 Å². The van der Waals surface area contributed by atoms with Gasteiger partial charge in [0.15, 0.2) is 23.0 Å². The molecule has 0 spiro atoms. The summed E-state index contributed by atoms with van der Waals surface area (Å²) in [6, 6.07) is 7.09. The van der Waals surface area contributed by atoms with E-state index in [2.05, 4.69) is 25.6 Å². The van der Waals surface area contributed by atoms with Crippen molar-refractivity contribution in [3.8, 4) is 34.5 Å². The normalized spacial score (nSPS) is 10.4. The Kier molecular flexibility index (Phi) is 9.25. The molecular formula is C25H34N6O6. The summed E-state index contributed by atoms with van der Waals surface area (Å²) in [4.78, 5) is 15.9. The van der Waals surface area contributed by atoms with Crippen molar-refractivity contribution in [3.05, 3.63) is 24.3 Å². The summed E-state index contributed by atoms with van der Waals surface area (Å²) in [5.74, 6) is 4.11. The van der Waals surface area contributed by atoms with E-state index in [1.54, 1.807) is 66.9 Å². The molecule has 3 rings (SSSR count). The number of nitrogens with one attached hydrogen (secondary N) is 2.